The second kappa shape index (κ2) is 6.67. The van der Waals surface area contributed by atoms with Crippen LogP contribution in [0.5, 0.6) is 11.5 Å². The number of phenols is 1. The normalized spacial score (nSPS) is 15.2. The minimum atomic E-state index is -0.302. The fraction of sp³-hybridized carbons (Fsp3) is 0.412. The molecule has 3 rings (SSSR count). The van der Waals surface area contributed by atoms with Gasteiger partial charge in [0.1, 0.15) is 6.61 Å². The van der Waals surface area contributed by atoms with Crippen molar-refractivity contribution in [3.05, 3.63) is 34.7 Å². The zero-order valence-corrected chi connectivity index (χ0v) is 13.5. The number of phenolic OH excluding ortho intramolecular Hbond substituents is 1. The maximum atomic E-state index is 12.4. The molecule has 0 saturated heterocycles. The number of fused-ring (bicyclic) bond motifs is 1. The van der Waals surface area contributed by atoms with Crippen molar-refractivity contribution in [2.24, 2.45) is 0 Å². The maximum absolute atomic E-state index is 12.4. The molecule has 0 atom stereocenters. The summed E-state index contributed by atoms with van der Waals surface area (Å²) in [6.45, 7) is 4.43. The summed E-state index contributed by atoms with van der Waals surface area (Å²) in [5, 5.41) is 10.3. The lowest BCUT2D eigenvalue weighted by Crippen LogP contribution is -2.27. The number of aryl methyl sites for hydroxylation is 1. The van der Waals surface area contributed by atoms with Crippen LogP contribution in [0.25, 0.3) is 10.4 Å². The smallest absolute Gasteiger partial charge is 0.165 e. The molecule has 1 N–H and O–H groups in total. The van der Waals surface area contributed by atoms with Gasteiger partial charge in [0, 0.05) is 35.0 Å². The third kappa shape index (κ3) is 3.25. The SMILES string of the molecule is Cc1ccc(-c2cc(O)c3c(c2)CN(CCCF)CCO3)s1. The first-order valence-electron chi connectivity index (χ1n) is 7.51. The van der Waals surface area contributed by atoms with Crippen LogP contribution < -0.4 is 4.74 Å². The number of alkyl halides is 1. The molecule has 0 unspecified atom stereocenters. The van der Waals surface area contributed by atoms with E-state index < -0.39 is 0 Å². The van der Waals surface area contributed by atoms with Crippen molar-refractivity contribution in [1.29, 1.82) is 0 Å². The lowest BCUT2D eigenvalue weighted by atomic mass is 10.1. The number of hydrogen-bond acceptors (Lipinski definition) is 4. The monoisotopic (exact) mass is 321 g/mol. The molecule has 22 heavy (non-hydrogen) atoms. The minimum absolute atomic E-state index is 0.186. The van der Waals surface area contributed by atoms with Crippen LogP contribution in [0.2, 0.25) is 0 Å². The maximum Gasteiger partial charge on any atom is 0.165 e. The molecule has 0 radical (unpaired) electrons. The first kappa shape index (κ1) is 15.3. The zero-order chi connectivity index (χ0) is 15.5. The first-order chi connectivity index (χ1) is 10.7. The molecule has 0 saturated carbocycles. The predicted octanol–water partition coefficient (Wildman–Crippen LogP) is 3.98. The fourth-order valence-corrected chi connectivity index (χ4v) is 3.61. The van der Waals surface area contributed by atoms with Gasteiger partial charge >= 0.3 is 0 Å². The zero-order valence-electron chi connectivity index (χ0n) is 12.6. The van der Waals surface area contributed by atoms with Gasteiger partial charge in [-0.1, -0.05) is 0 Å². The number of benzene rings is 1. The molecule has 0 aliphatic carbocycles. The molecule has 2 heterocycles. The summed E-state index contributed by atoms with van der Waals surface area (Å²) in [5.74, 6) is 0.755. The molecular weight excluding hydrogens is 301 g/mol. The third-order valence-corrected chi connectivity index (χ3v) is 4.88. The van der Waals surface area contributed by atoms with Gasteiger partial charge < -0.3 is 9.84 Å². The lowest BCUT2D eigenvalue weighted by Gasteiger charge is -2.18. The Hall–Kier alpha value is -1.59. The summed E-state index contributed by atoms with van der Waals surface area (Å²) in [5.41, 5.74) is 1.97. The third-order valence-electron chi connectivity index (χ3n) is 3.83. The van der Waals surface area contributed by atoms with Crippen LogP contribution in [0, 0.1) is 6.92 Å². The second-order valence-electron chi connectivity index (χ2n) is 5.56. The van der Waals surface area contributed by atoms with Crippen molar-refractivity contribution in [1.82, 2.24) is 4.90 Å². The van der Waals surface area contributed by atoms with E-state index in [2.05, 4.69) is 30.0 Å². The molecular formula is C17H20FNO2S. The molecule has 0 amide bonds. The number of hydrogen-bond donors (Lipinski definition) is 1. The lowest BCUT2D eigenvalue weighted by molar-refractivity contribution is 0.216. The van der Waals surface area contributed by atoms with E-state index in [1.807, 2.05) is 0 Å². The van der Waals surface area contributed by atoms with Crippen molar-refractivity contribution in [3.63, 3.8) is 0 Å². The molecule has 3 nitrogen and oxygen atoms in total. The van der Waals surface area contributed by atoms with Crippen LogP contribution in [0.3, 0.4) is 0 Å². The highest BCUT2D eigenvalue weighted by atomic mass is 32.1. The highest BCUT2D eigenvalue weighted by molar-refractivity contribution is 7.15. The molecule has 1 aliphatic rings. The summed E-state index contributed by atoms with van der Waals surface area (Å²) >= 11 is 1.70. The number of aromatic hydroxyl groups is 1. The van der Waals surface area contributed by atoms with Gasteiger partial charge in [-0.15, -0.1) is 11.3 Å². The largest absolute Gasteiger partial charge is 0.504 e. The van der Waals surface area contributed by atoms with Crippen molar-refractivity contribution in [2.45, 2.75) is 19.9 Å². The Bertz CT molecular complexity index is 656. The van der Waals surface area contributed by atoms with Crippen LogP contribution in [0.4, 0.5) is 4.39 Å². The van der Waals surface area contributed by atoms with Crippen LogP contribution in [-0.4, -0.2) is 36.4 Å². The number of rotatable bonds is 4. The quantitative estimate of drug-likeness (QED) is 0.924. The summed E-state index contributed by atoms with van der Waals surface area (Å²) in [7, 11) is 0. The Labute approximate surface area is 134 Å². The van der Waals surface area contributed by atoms with E-state index in [1.54, 1.807) is 17.4 Å². The highest BCUT2D eigenvalue weighted by Crippen LogP contribution is 2.39. The van der Waals surface area contributed by atoms with E-state index in [0.717, 1.165) is 22.5 Å². The molecule has 0 bridgehead atoms. The second-order valence-corrected chi connectivity index (χ2v) is 6.85. The van der Waals surface area contributed by atoms with Crippen LogP contribution in [0.15, 0.2) is 24.3 Å². The van der Waals surface area contributed by atoms with Crippen LogP contribution >= 0.6 is 11.3 Å². The van der Waals surface area contributed by atoms with Crippen molar-refractivity contribution >= 4 is 11.3 Å². The van der Waals surface area contributed by atoms with Crippen molar-refractivity contribution < 1.29 is 14.2 Å². The Morgan fingerprint density at radius 3 is 2.95 bits per heavy atom. The molecule has 0 spiro atoms. The minimum Gasteiger partial charge on any atom is -0.504 e. The first-order valence-corrected chi connectivity index (χ1v) is 8.33. The van der Waals surface area contributed by atoms with E-state index in [-0.39, 0.29) is 12.4 Å². The number of halogens is 1. The molecule has 5 heteroatoms. The van der Waals surface area contributed by atoms with Gasteiger partial charge in [0.15, 0.2) is 11.5 Å². The van der Waals surface area contributed by atoms with Gasteiger partial charge in [-0.2, -0.15) is 0 Å². The van der Waals surface area contributed by atoms with E-state index in [9.17, 15) is 9.50 Å². The van der Waals surface area contributed by atoms with Crippen molar-refractivity contribution in [3.8, 4) is 21.9 Å². The molecule has 0 fully saturated rings. The Balaban J connectivity index is 1.92. The predicted molar refractivity (Wildman–Crippen MR) is 87.5 cm³/mol. The van der Waals surface area contributed by atoms with Crippen LogP contribution in [0.1, 0.15) is 16.9 Å². The Morgan fingerprint density at radius 2 is 2.23 bits per heavy atom. The highest BCUT2D eigenvalue weighted by Gasteiger charge is 2.19. The van der Waals surface area contributed by atoms with Gasteiger partial charge in [-0.25, -0.2) is 0 Å². The van der Waals surface area contributed by atoms with Gasteiger partial charge in [0.25, 0.3) is 0 Å². The van der Waals surface area contributed by atoms with E-state index in [4.69, 9.17) is 4.74 Å². The molecule has 118 valence electrons. The standard InChI is InChI=1S/C17H20FNO2S/c1-12-3-4-16(22-12)13-9-14-11-19(6-2-5-18)7-8-21-17(14)15(20)10-13/h3-4,9-10,20H,2,5-8,11H2,1H3. The molecule has 1 aromatic carbocycles. The summed E-state index contributed by atoms with van der Waals surface area (Å²) in [6.07, 6.45) is 0.533. The number of nitrogens with zero attached hydrogens (tertiary/aromatic N) is 1. The Kier molecular flexibility index (Phi) is 4.64. The van der Waals surface area contributed by atoms with E-state index in [1.165, 1.54) is 4.88 Å². The summed E-state index contributed by atoms with van der Waals surface area (Å²) in [4.78, 5) is 4.55. The number of thiophene rings is 1. The average Bonchev–Trinajstić information content (AvgIpc) is 2.81. The Morgan fingerprint density at radius 1 is 1.36 bits per heavy atom. The molecule has 1 aromatic heterocycles. The van der Waals surface area contributed by atoms with Gasteiger partial charge in [0.2, 0.25) is 0 Å². The average molecular weight is 321 g/mol. The van der Waals surface area contributed by atoms with Crippen LogP contribution in [-0.2, 0) is 6.54 Å². The summed E-state index contributed by atoms with van der Waals surface area (Å²) in [6, 6.07) is 7.99. The number of ether oxygens (including phenoxy) is 1. The van der Waals surface area contributed by atoms with Gasteiger partial charge in [0.05, 0.1) is 6.67 Å². The van der Waals surface area contributed by atoms with Crippen molar-refractivity contribution in [2.75, 3.05) is 26.4 Å². The topological polar surface area (TPSA) is 32.7 Å². The van der Waals surface area contributed by atoms with Gasteiger partial charge in [-0.05, 0) is 43.2 Å². The van der Waals surface area contributed by atoms with Gasteiger partial charge in [-0.3, -0.25) is 9.29 Å². The molecule has 1 aliphatic heterocycles. The van der Waals surface area contributed by atoms with E-state index >= 15 is 0 Å². The summed E-state index contributed by atoms with van der Waals surface area (Å²) < 4.78 is 18.1. The van der Waals surface area contributed by atoms with E-state index in [0.29, 0.717) is 31.9 Å². The molecule has 2 aromatic rings. The fourth-order valence-electron chi connectivity index (χ4n) is 2.76.